The summed E-state index contributed by atoms with van der Waals surface area (Å²) < 4.78 is 56.7. The number of hydrogen-bond donors (Lipinski definition) is 1. The van der Waals surface area contributed by atoms with Crippen LogP contribution in [0.2, 0.25) is 0 Å². The Balaban J connectivity index is 2.32. The number of alkyl halides is 2. The molecular formula is C20H26F2N4O3S. The summed E-state index contributed by atoms with van der Waals surface area (Å²) in [4.78, 5) is 20.6. The number of nitrogens with one attached hydrogen (secondary N) is 1. The maximum Gasteiger partial charge on any atom is 0.276 e. The van der Waals surface area contributed by atoms with E-state index in [1.165, 1.54) is 10.8 Å². The van der Waals surface area contributed by atoms with Gasteiger partial charge in [-0.25, -0.2) is 27.2 Å². The van der Waals surface area contributed by atoms with E-state index in [9.17, 15) is 22.0 Å². The van der Waals surface area contributed by atoms with Gasteiger partial charge >= 0.3 is 0 Å². The molecule has 0 saturated carbocycles. The molecule has 0 bridgehead atoms. The summed E-state index contributed by atoms with van der Waals surface area (Å²) >= 11 is 0. The summed E-state index contributed by atoms with van der Waals surface area (Å²) in [5.74, 6) is -3.49. The zero-order valence-electron chi connectivity index (χ0n) is 17.7. The van der Waals surface area contributed by atoms with Gasteiger partial charge in [-0.15, -0.1) is 0 Å². The highest BCUT2D eigenvalue weighted by atomic mass is 32.2. The van der Waals surface area contributed by atoms with E-state index in [0.29, 0.717) is 29.5 Å². The van der Waals surface area contributed by atoms with E-state index >= 15 is 0 Å². The zero-order valence-corrected chi connectivity index (χ0v) is 18.5. The molecular weight excluding hydrogens is 414 g/mol. The van der Waals surface area contributed by atoms with E-state index in [1.54, 1.807) is 14.0 Å². The van der Waals surface area contributed by atoms with Crippen LogP contribution in [0, 0.1) is 5.41 Å². The summed E-state index contributed by atoms with van der Waals surface area (Å²) in [5.41, 5.74) is 0.874. The first-order chi connectivity index (χ1) is 13.7. The molecule has 0 unspecified atom stereocenters. The second-order valence-electron chi connectivity index (χ2n) is 8.72. The average Bonchev–Trinajstić information content (AvgIpc) is 2.92. The Kier molecular flexibility index (Phi) is 5.51. The minimum absolute atomic E-state index is 0.0563. The molecule has 1 N–H and O–H groups in total. The zero-order chi connectivity index (χ0) is 22.5. The topological polar surface area (TPSA) is 93.9 Å². The van der Waals surface area contributed by atoms with Crippen LogP contribution in [0.3, 0.4) is 0 Å². The standard InChI is InChI=1S/C20H26F2N4O3S/c1-6-7-20(21,22)15-10-23-18(25-30(5,28)29)24-16(15)14-11-26(4)17(27)13-9-19(2,3)8-12(13)14/h10-11H,6-9H2,1-5H3,(H,23,24,25). The Morgan fingerprint density at radius 1 is 1.27 bits per heavy atom. The lowest BCUT2D eigenvalue weighted by molar-refractivity contribution is -0.0140. The van der Waals surface area contributed by atoms with Crippen molar-refractivity contribution in [3.8, 4) is 11.3 Å². The molecule has 0 fully saturated rings. The molecule has 164 valence electrons. The molecule has 0 saturated heterocycles. The fourth-order valence-corrected chi connectivity index (χ4v) is 4.39. The summed E-state index contributed by atoms with van der Waals surface area (Å²) in [5, 5.41) is 0. The minimum atomic E-state index is -3.70. The van der Waals surface area contributed by atoms with Crippen LogP contribution in [-0.2, 0) is 35.8 Å². The third kappa shape index (κ3) is 4.38. The minimum Gasteiger partial charge on any atom is -0.318 e. The van der Waals surface area contributed by atoms with Crippen molar-refractivity contribution in [3.63, 3.8) is 0 Å². The van der Waals surface area contributed by atoms with Gasteiger partial charge in [0, 0.05) is 37.0 Å². The summed E-state index contributed by atoms with van der Waals surface area (Å²) in [6.45, 7) is 5.68. The van der Waals surface area contributed by atoms with Crippen molar-refractivity contribution in [1.82, 2.24) is 14.5 Å². The molecule has 0 aromatic carbocycles. The van der Waals surface area contributed by atoms with E-state index in [0.717, 1.165) is 12.5 Å². The van der Waals surface area contributed by atoms with Crippen molar-refractivity contribution in [2.24, 2.45) is 12.5 Å². The highest BCUT2D eigenvalue weighted by molar-refractivity contribution is 7.91. The Hall–Kier alpha value is -2.36. The van der Waals surface area contributed by atoms with Gasteiger partial charge in [0.1, 0.15) is 0 Å². The number of halogens is 2. The van der Waals surface area contributed by atoms with Crippen LogP contribution in [0.5, 0.6) is 0 Å². The average molecular weight is 441 g/mol. The Morgan fingerprint density at radius 3 is 2.50 bits per heavy atom. The quantitative estimate of drug-likeness (QED) is 0.744. The van der Waals surface area contributed by atoms with Crippen molar-refractivity contribution in [2.45, 2.75) is 52.4 Å². The molecule has 3 rings (SSSR count). The molecule has 2 heterocycles. The van der Waals surface area contributed by atoms with Crippen molar-refractivity contribution in [3.05, 3.63) is 39.4 Å². The predicted octanol–water partition coefficient (Wildman–Crippen LogP) is 3.23. The van der Waals surface area contributed by atoms with Crippen molar-refractivity contribution >= 4 is 16.0 Å². The van der Waals surface area contributed by atoms with E-state index in [-0.39, 0.29) is 34.6 Å². The van der Waals surface area contributed by atoms with Gasteiger partial charge in [0.15, 0.2) is 0 Å². The van der Waals surface area contributed by atoms with Gasteiger partial charge in [-0.2, -0.15) is 0 Å². The second-order valence-corrected chi connectivity index (χ2v) is 10.5. The van der Waals surface area contributed by atoms with Gasteiger partial charge in [-0.3, -0.25) is 9.52 Å². The number of hydrogen-bond acceptors (Lipinski definition) is 5. The molecule has 0 spiro atoms. The number of aryl methyl sites for hydroxylation is 1. The first kappa shape index (κ1) is 22.3. The number of fused-ring (bicyclic) bond motifs is 1. The molecule has 30 heavy (non-hydrogen) atoms. The lowest BCUT2D eigenvalue weighted by Crippen LogP contribution is -2.23. The highest BCUT2D eigenvalue weighted by Crippen LogP contribution is 2.43. The van der Waals surface area contributed by atoms with Crippen LogP contribution in [0.15, 0.2) is 17.2 Å². The number of nitrogens with zero attached hydrogens (tertiary/aromatic N) is 3. The molecule has 1 aliphatic carbocycles. The fraction of sp³-hybridized carbons (Fsp3) is 0.550. The van der Waals surface area contributed by atoms with Crippen LogP contribution in [0.1, 0.15) is 50.3 Å². The van der Waals surface area contributed by atoms with Crippen molar-refractivity contribution < 1.29 is 17.2 Å². The fourth-order valence-electron chi connectivity index (χ4n) is 3.96. The highest BCUT2D eigenvalue weighted by Gasteiger charge is 2.38. The summed E-state index contributed by atoms with van der Waals surface area (Å²) in [6.07, 6.45) is 4.32. The molecule has 0 radical (unpaired) electrons. The number of rotatable bonds is 6. The third-order valence-electron chi connectivity index (χ3n) is 5.18. The van der Waals surface area contributed by atoms with Gasteiger partial charge in [0.2, 0.25) is 16.0 Å². The first-order valence-corrected chi connectivity index (χ1v) is 11.6. The van der Waals surface area contributed by atoms with E-state index in [1.807, 2.05) is 13.8 Å². The molecule has 0 aliphatic heterocycles. The summed E-state index contributed by atoms with van der Waals surface area (Å²) in [7, 11) is -2.13. The molecule has 1 aliphatic rings. The van der Waals surface area contributed by atoms with Crippen LogP contribution >= 0.6 is 0 Å². The van der Waals surface area contributed by atoms with Gasteiger partial charge in [-0.05, 0) is 23.8 Å². The van der Waals surface area contributed by atoms with Gasteiger partial charge in [0.05, 0.1) is 17.5 Å². The number of sulfonamides is 1. The monoisotopic (exact) mass is 440 g/mol. The van der Waals surface area contributed by atoms with E-state index in [4.69, 9.17) is 0 Å². The SMILES string of the molecule is CCCC(F)(F)c1cnc(NS(C)(=O)=O)nc1-c1cn(C)c(=O)c2c1CC(C)(C)C2. The van der Waals surface area contributed by atoms with Gasteiger partial charge in [0.25, 0.3) is 11.5 Å². The molecule has 2 aromatic rings. The third-order valence-corrected chi connectivity index (χ3v) is 5.73. The second kappa shape index (κ2) is 7.40. The van der Waals surface area contributed by atoms with E-state index in [2.05, 4.69) is 14.7 Å². The van der Waals surface area contributed by atoms with Crippen LogP contribution in [-0.4, -0.2) is 29.2 Å². The molecule has 7 nitrogen and oxygen atoms in total. The molecule has 2 aromatic heterocycles. The van der Waals surface area contributed by atoms with Crippen LogP contribution in [0.25, 0.3) is 11.3 Å². The summed E-state index contributed by atoms with van der Waals surface area (Å²) in [6, 6.07) is 0. The number of pyridine rings is 1. The van der Waals surface area contributed by atoms with Crippen LogP contribution in [0.4, 0.5) is 14.7 Å². The maximum atomic E-state index is 15.0. The lowest BCUT2D eigenvalue weighted by Gasteiger charge is -2.21. The predicted molar refractivity (Wildman–Crippen MR) is 111 cm³/mol. The number of aromatic nitrogens is 3. The normalized spacial score (nSPS) is 15.8. The molecule has 10 heteroatoms. The number of anilines is 1. The maximum absolute atomic E-state index is 15.0. The van der Waals surface area contributed by atoms with Gasteiger partial charge in [-0.1, -0.05) is 27.2 Å². The molecule has 0 atom stereocenters. The van der Waals surface area contributed by atoms with Crippen molar-refractivity contribution in [2.75, 3.05) is 11.0 Å². The van der Waals surface area contributed by atoms with Gasteiger partial charge < -0.3 is 4.57 Å². The molecule has 0 amide bonds. The van der Waals surface area contributed by atoms with E-state index < -0.39 is 22.4 Å². The van der Waals surface area contributed by atoms with Crippen LogP contribution < -0.4 is 10.3 Å². The lowest BCUT2D eigenvalue weighted by atomic mass is 9.89. The Morgan fingerprint density at radius 2 is 1.90 bits per heavy atom. The van der Waals surface area contributed by atoms with Crippen molar-refractivity contribution in [1.29, 1.82) is 0 Å². The Bertz CT molecular complexity index is 1160. The Labute approximate surface area is 174 Å². The largest absolute Gasteiger partial charge is 0.318 e. The smallest absolute Gasteiger partial charge is 0.276 e. The first-order valence-electron chi connectivity index (χ1n) is 9.69.